The largest absolute Gasteiger partial charge is 0.468 e. The van der Waals surface area contributed by atoms with Gasteiger partial charge < -0.3 is 9.73 Å². The molecule has 2 heterocycles. The summed E-state index contributed by atoms with van der Waals surface area (Å²) in [4.78, 5) is 2.66. The van der Waals surface area contributed by atoms with Gasteiger partial charge in [-0.15, -0.1) is 0 Å². The topological polar surface area (TPSA) is 28.4 Å². The Labute approximate surface area is 116 Å². The first-order valence-corrected chi connectivity index (χ1v) is 7.69. The highest BCUT2D eigenvalue weighted by Crippen LogP contribution is 2.37. The van der Waals surface area contributed by atoms with E-state index in [1.165, 1.54) is 12.8 Å². The van der Waals surface area contributed by atoms with Gasteiger partial charge in [-0.05, 0) is 43.7 Å². The van der Waals surface area contributed by atoms with Crippen molar-refractivity contribution in [3.63, 3.8) is 0 Å². The molecule has 3 atom stereocenters. The van der Waals surface area contributed by atoms with Gasteiger partial charge in [0.15, 0.2) is 0 Å². The fourth-order valence-corrected chi connectivity index (χ4v) is 3.39. The number of hydrogen-bond acceptors (Lipinski definition) is 3. The molecular weight excluding hydrogens is 236 g/mol. The Bertz CT molecular complexity index is 397. The third kappa shape index (κ3) is 2.72. The van der Waals surface area contributed by atoms with Crippen LogP contribution in [0, 0.1) is 11.8 Å². The molecule has 106 valence electrons. The van der Waals surface area contributed by atoms with Crippen LogP contribution in [-0.2, 0) is 0 Å². The van der Waals surface area contributed by atoms with Crippen molar-refractivity contribution in [2.75, 3.05) is 13.1 Å². The Morgan fingerprint density at radius 2 is 2.11 bits per heavy atom. The van der Waals surface area contributed by atoms with Crippen molar-refractivity contribution in [3.05, 3.63) is 24.2 Å². The average molecular weight is 262 g/mol. The SMILES string of the molecule is CC(C)C1CNC(C2CC2)CN1C(C)c1ccco1. The summed E-state index contributed by atoms with van der Waals surface area (Å²) in [6.45, 7) is 9.21. The molecule has 0 radical (unpaired) electrons. The second kappa shape index (κ2) is 5.29. The molecule has 3 rings (SSSR count). The van der Waals surface area contributed by atoms with Crippen LogP contribution in [0.15, 0.2) is 22.8 Å². The van der Waals surface area contributed by atoms with Crippen molar-refractivity contribution in [2.24, 2.45) is 11.8 Å². The summed E-state index contributed by atoms with van der Waals surface area (Å²) in [6.07, 6.45) is 4.61. The maximum absolute atomic E-state index is 5.63. The molecule has 3 nitrogen and oxygen atoms in total. The average Bonchev–Trinajstić information content (AvgIpc) is 3.12. The lowest BCUT2D eigenvalue weighted by Gasteiger charge is -2.45. The Morgan fingerprint density at radius 1 is 1.32 bits per heavy atom. The molecule has 0 aromatic carbocycles. The first-order valence-electron chi connectivity index (χ1n) is 7.69. The van der Waals surface area contributed by atoms with E-state index in [0.717, 1.165) is 24.8 Å². The second-order valence-electron chi connectivity index (χ2n) is 6.55. The first-order chi connectivity index (χ1) is 9.16. The van der Waals surface area contributed by atoms with Crippen LogP contribution < -0.4 is 5.32 Å². The monoisotopic (exact) mass is 262 g/mol. The minimum absolute atomic E-state index is 0.380. The Hall–Kier alpha value is -0.800. The molecule has 1 saturated heterocycles. The quantitative estimate of drug-likeness (QED) is 0.904. The van der Waals surface area contributed by atoms with Crippen molar-refractivity contribution >= 4 is 0 Å². The molecule has 0 bridgehead atoms. The zero-order valence-corrected chi connectivity index (χ0v) is 12.3. The number of rotatable bonds is 4. The van der Waals surface area contributed by atoms with Crippen molar-refractivity contribution in [2.45, 2.75) is 51.7 Å². The van der Waals surface area contributed by atoms with Gasteiger partial charge in [-0.3, -0.25) is 4.90 Å². The molecule has 19 heavy (non-hydrogen) atoms. The van der Waals surface area contributed by atoms with Crippen LogP contribution in [0.4, 0.5) is 0 Å². The highest BCUT2D eigenvalue weighted by Gasteiger charge is 2.40. The van der Waals surface area contributed by atoms with Crippen LogP contribution in [0.1, 0.15) is 45.4 Å². The highest BCUT2D eigenvalue weighted by molar-refractivity contribution is 5.06. The molecule has 1 saturated carbocycles. The second-order valence-corrected chi connectivity index (χ2v) is 6.55. The van der Waals surface area contributed by atoms with Gasteiger partial charge in [0, 0.05) is 25.2 Å². The third-order valence-corrected chi connectivity index (χ3v) is 4.84. The number of furan rings is 1. The van der Waals surface area contributed by atoms with Crippen molar-refractivity contribution < 1.29 is 4.42 Å². The number of hydrogen-bond donors (Lipinski definition) is 1. The summed E-state index contributed by atoms with van der Waals surface area (Å²) in [5.74, 6) is 2.69. The maximum Gasteiger partial charge on any atom is 0.120 e. The minimum Gasteiger partial charge on any atom is -0.468 e. The van der Waals surface area contributed by atoms with E-state index in [4.69, 9.17) is 4.42 Å². The fourth-order valence-electron chi connectivity index (χ4n) is 3.39. The van der Waals surface area contributed by atoms with Gasteiger partial charge in [0.2, 0.25) is 0 Å². The molecule has 1 aromatic heterocycles. The number of nitrogens with one attached hydrogen (secondary N) is 1. The van der Waals surface area contributed by atoms with Crippen molar-refractivity contribution in [1.29, 1.82) is 0 Å². The van der Waals surface area contributed by atoms with E-state index in [1.807, 2.05) is 6.07 Å². The summed E-state index contributed by atoms with van der Waals surface area (Å²) in [7, 11) is 0. The molecule has 1 N–H and O–H groups in total. The molecule has 3 unspecified atom stereocenters. The van der Waals surface area contributed by atoms with Crippen LogP contribution in [0.5, 0.6) is 0 Å². The standard InChI is InChI=1S/C16H26N2O/c1-11(2)15-9-17-14(13-6-7-13)10-18(15)12(3)16-5-4-8-19-16/h4-5,8,11-15,17H,6-7,9-10H2,1-3H3. The first kappa shape index (κ1) is 13.2. The van der Waals surface area contributed by atoms with Gasteiger partial charge in [0.05, 0.1) is 12.3 Å². The summed E-state index contributed by atoms with van der Waals surface area (Å²) in [5, 5.41) is 3.77. The lowest BCUT2D eigenvalue weighted by molar-refractivity contribution is 0.0486. The van der Waals surface area contributed by atoms with Gasteiger partial charge in [-0.25, -0.2) is 0 Å². The van der Waals surface area contributed by atoms with Crippen molar-refractivity contribution in [1.82, 2.24) is 10.2 Å². The molecule has 1 aliphatic heterocycles. The molecule has 0 amide bonds. The van der Waals surface area contributed by atoms with Crippen LogP contribution >= 0.6 is 0 Å². The zero-order chi connectivity index (χ0) is 13.4. The van der Waals surface area contributed by atoms with E-state index in [-0.39, 0.29) is 0 Å². The summed E-state index contributed by atoms with van der Waals surface area (Å²) < 4.78 is 5.63. The van der Waals surface area contributed by atoms with Crippen LogP contribution in [-0.4, -0.2) is 30.1 Å². The van der Waals surface area contributed by atoms with Gasteiger partial charge in [-0.1, -0.05) is 13.8 Å². The zero-order valence-electron chi connectivity index (χ0n) is 12.3. The molecule has 2 aliphatic rings. The van der Waals surface area contributed by atoms with E-state index in [1.54, 1.807) is 6.26 Å². The summed E-state index contributed by atoms with van der Waals surface area (Å²) in [5.41, 5.74) is 0. The molecule has 0 spiro atoms. The van der Waals surface area contributed by atoms with E-state index >= 15 is 0 Å². The smallest absolute Gasteiger partial charge is 0.120 e. The van der Waals surface area contributed by atoms with Gasteiger partial charge in [0.1, 0.15) is 5.76 Å². The highest BCUT2D eigenvalue weighted by atomic mass is 16.3. The van der Waals surface area contributed by atoms with E-state index < -0.39 is 0 Å². The van der Waals surface area contributed by atoms with E-state index in [0.29, 0.717) is 24.0 Å². The Balaban J connectivity index is 1.76. The van der Waals surface area contributed by atoms with Crippen molar-refractivity contribution in [3.8, 4) is 0 Å². The molecule has 1 aliphatic carbocycles. The van der Waals surface area contributed by atoms with Gasteiger partial charge >= 0.3 is 0 Å². The van der Waals surface area contributed by atoms with Crippen LogP contribution in [0.3, 0.4) is 0 Å². The summed E-state index contributed by atoms with van der Waals surface area (Å²) in [6, 6.07) is 5.78. The van der Waals surface area contributed by atoms with Crippen LogP contribution in [0.2, 0.25) is 0 Å². The number of piperazine rings is 1. The molecule has 3 heteroatoms. The molecule has 2 fully saturated rings. The van der Waals surface area contributed by atoms with E-state index in [9.17, 15) is 0 Å². The summed E-state index contributed by atoms with van der Waals surface area (Å²) >= 11 is 0. The molecular formula is C16H26N2O. The lowest BCUT2D eigenvalue weighted by atomic mass is 9.95. The predicted molar refractivity (Wildman–Crippen MR) is 77.0 cm³/mol. The Kier molecular flexibility index (Phi) is 3.68. The molecule has 1 aromatic rings. The minimum atomic E-state index is 0.380. The maximum atomic E-state index is 5.63. The lowest BCUT2D eigenvalue weighted by Crippen LogP contribution is -2.59. The third-order valence-electron chi connectivity index (χ3n) is 4.84. The van der Waals surface area contributed by atoms with Gasteiger partial charge in [-0.2, -0.15) is 0 Å². The van der Waals surface area contributed by atoms with Gasteiger partial charge in [0.25, 0.3) is 0 Å². The van der Waals surface area contributed by atoms with Crippen LogP contribution in [0.25, 0.3) is 0 Å². The predicted octanol–water partition coefficient (Wildman–Crippen LogP) is 3.05. The Morgan fingerprint density at radius 3 is 2.68 bits per heavy atom. The normalized spacial score (nSPS) is 30.7. The fraction of sp³-hybridized carbons (Fsp3) is 0.750. The number of nitrogens with zero attached hydrogens (tertiary/aromatic N) is 1. The van der Waals surface area contributed by atoms with E-state index in [2.05, 4.69) is 37.1 Å².